The zero-order valence-electron chi connectivity index (χ0n) is 16.7. The molecule has 29 heavy (non-hydrogen) atoms. The van der Waals surface area contributed by atoms with E-state index in [0.717, 1.165) is 11.1 Å². The van der Waals surface area contributed by atoms with Crippen molar-refractivity contribution >= 4 is 11.9 Å². The zero-order chi connectivity index (χ0) is 20.6. The van der Waals surface area contributed by atoms with Gasteiger partial charge in [-0.15, -0.1) is 0 Å². The molecule has 0 spiro atoms. The Morgan fingerprint density at radius 3 is 2.41 bits per heavy atom. The minimum Gasteiger partial charge on any atom is -0.444 e. The van der Waals surface area contributed by atoms with E-state index in [1.54, 1.807) is 6.92 Å². The third kappa shape index (κ3) is 3.42. The smallest absolute Gasteiger partial charge is 0.325 e. The number of carbonyl (C=O) groups excluding carboxylic acids is 2. The van der Waals surface area contributed by atoms with E-state index in [4.69, 9.17) is 4.42 Å². The second-order valence-corrected chi connectivity index (χ2v) is 7.73. The van der Waals surface area contributed by atoms with Gasteiger partial charge in [-0.05, 0) is 36.1 Å². The van der Waals surface area contributed by atoms with E-state index in [9.17, 15) is 9.59 Å². The standard InChI is InChI=1S/C23H23N3O3/c1-15(2)16-9-11-18(12-10-16)23(3)21(27)26(22(28)25-23)13-19-14-29-20(24-19)17-7-5-4-6-8-17/h4-12,14-15H,13H2,1-3H3,(H,25,28). The number of aromatic nitrogens is 1. The van der Waals surface area contributed by atoms with Crippen molar-refractivity contribution in [3.05, 3.63) is 77.7 Å². The normalized spacial score (nSPS) is 19.1. The largest absolute Gasteiger partial charge is 0.444 e. The van der Waals surface area contributed by atoms with Gasteiger partial charge in [0.2, 0.25) is 5.89 Å². The maximum Gasteiger partial charge on any atom is 0.325 e. The van der Waals surface area contributed by atoms with E-state index in [1.165, 1.54) is 16.7 Å². The van der Waals surface area contributed by atoms with E-state index in [1.807, 2.05) is 54.6 Å². The monoisotopic (exact) mass is 389 g/mol. The average Bonchev–Trinajstić information content (AvgIpc) is 3.28. The lowest BCUT2D eigenvalue weighted by Gasteiger charge is -2.22. The van der Waals surface area contributed by atoms with Crippen LogP contribution in [0.1, 0.15) is 43.5 Å². The van der Waals surface area contributed by atoms with Gasteiger partial charge in [0.25, 0.3) is 5.91 Å². The fourth-order valence-corrected chi connectivity index (χ4v) is 3.49. The van der Waals surface area contributed by atoms with Crippen LogP contribution >= 0.6 is 0 Å². The Morgan fingerprint density at radius 1 is 1.07 bits per heavy atom. The first-order chi connectivity index (χ1) is 13.9. The van der Waals surface area contributed by atoms with Crippen LogP contribution in [-0.2, 0) is 16.9 Å². The quantitative estimate of drug-likeness (QED) is 0.655. The highest BCUT2D eigenvalue weighted by atomic mass is 16.3. The second-order valence-electron chi connectivity index (χ2n) is 7.73. The summed E-state index contributed by atoms with van der Waals surface area (Å²) in [7, 11) is 0. The van der Waals surface area contributed by atoms with Gasteiger partial charge in [-0.25, -0.2) is 9.78 Å². The Labute approximate surface area is 169 Å². The molecule has 3 amide bonds. The van der Waals surface area contributed by atoms with Crippen molar-refractivity contribution < 1.29 is 14.0 Å². The van der Waals surface area contributed by atoms with Gasteiger partial charge < -0.3 is 9.73 Å². The average molecular weight is 389 g/mol. The Balaban J connectivity index is 1.55. The Kier molecular flexibility index (Phi) is 4.70. The van der Waals surface area contributed by atoms with Crippen molar-refractivity contribution in [2.24, 2.45) is 0 Å². The Morgan fingerprint density at radius 2 is 1.76 bits per heavy atom. The molecule has 148 valence electrons. The summed E-state index contributed by atoms with van der Waals surface area (Å²) in [6, 6.07) is 16.8. The molecule has 1 fully saturated rings. The lowest BCUT2D eigenvalue weighted by atomic mass is 9.90. The van der Waals surface area contributed by atoms with Crippen LogP contribution in [0.4, 0.5) is 4.79 Å². The van der Waals surface area contributed by atoms with E-state index in [-0.39, 0.29) is 12.5 Å². The fourth-order valence-electron chi connectivity index (χ4n) is 3.49. The maximum atomic E-state index is 13.1. The van der Waals surface area contributed by atoms with Gasteiger partial charge in [0, 0.05) is 5.56 Å². The molecular formula is C23H23N3O3. The van der Waals surface area contributed by atoms with Crippen LogP contribution in [0.15, 0.2) is 65.3 Å². The molecule has 3 aromatic rings. The molecule has 1 aliphatic heterocycles. The second kappa shape index (κ2) is 7.20. The van der Waals surface area contributed by atoms with Crippen LogP contribution in [0.3, 0.4) is 0 Å². The number of nitrogens with zero attached hydrogens (tertiary/aromatic N) is 2. The first-order valence-electron chi connectivity index (χ1n) is 9.63. The molecule has 0 saturated carbocycles. The number of benzene rings is 2. The molecule has 0 radical (unpaired) electrons. The van der Waals surface area contributed by atoms with Gasteiger partial charge in [0.05, 0.1) is 12.2 Å². The van der Waals surface area contributed by atoms with Gasteiger partial charge in [0.15, 0.2) is 0 Å². The van der Waals surface area contributed by atoms with E-state index in [0.29, 0.717) is 17.5 Å². The number of hydrogen-bond acceptors (Lipinski definition) is 4. The lowest BCUT2D eigenvalue weighted by Crippen LogP contribution is -2.40. The number of hydrogen-bond donors (Lipinski definition) is 1. The molecule has 2 aromatic carbocycles. The van der Waals surface area contributed by atoms with Gasteiger partial charge in [-0.1, -0.05) is 56.3 Å². The highest BCUT2D eigenvalue weighted by Gasteiger charge is 2.49. The summed E-state index contributed by atoms with van der Waals surface area (Å²) in [4.78, 5) is 31.3. The Hall–Kier alpha value is -3.41. The summed E-state index contributed by atoms with van der Waals surface area (Å²) in [6.07, 6.45) is 1.48. The third-order valence-electron chi connectivity index (χ3n) is 5.32. The minimum atomic E-state index is -1.10. The number of imide groups is 1. The lowest BCUT2D eigenvalue weighted by molar-refractivity contribution is -0.131. The van der Waals surface area contributed by atoms with E-state index < -0.39 is 11.6 Å². The van der Waals surface area contributed by atoms with Gasteiger partial charge in [-0.2, -0.15) is 0 Å². The highest BCUT2D eigenvalue weighted by Crippen LogP contribution is 2.31. The van der Waals surface area contributed by atoms with Crippen LogP contribution in [-0.4, -0.2) is 21.8 Å². The molecule has 1 aromatic heterocycles. The number of rotatable bonds is 5. The molecule has 4 rings (SSSR count). The summed E-state index contributed by atoms with van der Waals surface area (Å²) in [5.41, 5.74) is 2.20. The zero-order valence-corrected chi connectivity index (χ0v) is 16.7. The van der Waals surface area contributed by atoms with Crippen molar-refractivity contribution in [3.8, 4) is 11.5 Å². The van der Waals surface area contributed by atoms with Crippen molar-refractivity contribution in [1.29, 1.82) is 0 Å². The van der Waals surface area contributed by atoms with Crippen molar-refractivity contribution in [2.45, 2.75) is 38.8 Å². The van der Waals surface area contributed by atoms with Crippen molar-refractivity contribution in [3.63, 3.8) is 0 Å². The first kappa shape index (κ1) is 18.9. The van der Waals surface area contributed by atoms with Crippen LogP contribution in [0.2, 0.25) is 0 Å². The molecule has 1 atom stereocenters. The summed E-state index contributed by atoms with van der Waals surface area (Å²) < 4.78 is 5.52. The summed E-state index contributed by atoms with van der Waals surface area (Å²) in [6.45, 7) is 6.02. The van der Waals surface area contributed by atoms with Gasteiger partial charge >= 0.3 is 6.03 Å². The molecule has 1 unspecified atom stereocenters. The third-order valence-corrected chi connectivity index (χ3v) is 5.32. The fraction of sp³-hybridized carbons (Fsp3) is 0.261. The Bertz CT molecular complexity index is 1040. The number of urea groups is 1. The molecule has 1 aliphatic rings. The SMILES string of the molecule is CC(C)c1ccc(C2(C)NC(=O)N(Cc3coc(-c4ccccc4)n3)C2=O)cc1. The summed E-state index contributed by atoms with van der Waals surface area (Å²) >= 11 is 0. The molecule has 0 bridgehead atoms. The summed E-state index contributed by atoms with van der Waals surface area (Å²) in [5.74, 6) is 0.553. The number of carbonyl (C=O) groups is 2. The number of nitrogens with one attached hydrogen (secondary N) is 1. The van der Waals surface area contributed by atoms with Gasteiger partial charge in [0.1, 0.15) is 11.8 Å². The molecule has 1 saturated heterocycles. The summed E-state index contributed by atoms with van der Waals surface area (Å²) in [5, 5.41) is 2.83. The van der Waals surface area contributed by atoms with Crippen LogP contribution in [0, 0.1) is 0 Å². The van der Waals surface area contributed by atoms with Crippen LogP contribution in [0.25, 0.3) is 11.5 Å². The molecule has 1 N–H and O–H groups in total. The molecule has 6 nitrogen and oxygen atoms in total. The topological polar surface area (TPSA) is 75.4 Å². The minimum absolute atomic E-state index is 0.0562. The molecular weight excluding hydrogens is 366 g/mol. The van der Waals surface area contributed by atoms with Crippen molar-refractivity contribution in [2.75, 3.05) is 0 Å². The van der Waals surface area contributed by atoms with E-state index in [2.05, 4.69) is 24.1 Å². The molecule has 6 heteroatoms. The molecule has 2 heterocycles. The van der Waals surface area contributed by atoms with Crippen molar-refractivity contribution in [1.82, 2.24) is 15.2 Å². The van der Waals surface area contributed by atoms with Gasteiger partial charge in [-0.3, -0.25) is 9.69 Å². The maximum absolute atomic E-state index is 13.1. The predicted molar refractivity (Wildman–Crippen MR) is 109 cm³/mol. The van der Waals surface area contributed by atoms with E-state index >= 15 is 0 Å². The first-order valence-corrected chi connectivity index (χ1v) is 9.63. The number of amides is 3. The highest BCUT2D eigenvalue weighted by molar-refractivity contribution is 6.07. The number of oxazole rings is 1. The molecule has 0 aliphatic carbocycles. The van der Waals surface area contributed by atoms with Crippen LogP contribution in [0.5, 0.6) is 0 Å². The van der Waals surface area contributed by atoms with Crippen LogP contribution < -0.4 is 5.32 Å². The predicted octanol–water partition coefficient (Wildman–Crippen LogP) is 4.43.